The monoisotopic (exact) mass is 396 g/mol. The molecule has 0 aromatic heterocycles. The van der Waals surface area contributed by atoms with Crippen LogP contribution < -0.4 is 5.32 Å². The van der Waals surface area contributed by atoms with Gasteiger partial charge in [-0.3, -0.25) is 14.9 Å². The fourth-order valence-electron chi connectivity index (χ4n) is 1.84. The lowest BCUT2D eigenvalue weighted by atomic mass is 10.1. The maximum absolute atomic E-state index is 12.2. The number of amides is 1. The van der Waals surface area contributed by atoms with E-state index in [0.717, 1.165) is 20.4 Å². The Labute approximate surface area is 135 Å². The minimum absolute atomic E-state index is 0.0344. The largest absolute Gasteiger partial charge is 0.322 e. The molecule has 2 aromatic rings. The molecule has 2 rings (SSSR count). The first-order valence-corrected chi connectivity index (χ1v) is 7.29. The van der Waals surface area contributed by atoms with Gasteiger partial charge in [0, 0.05) is 27.0 Å². The Bertz CT molecular complexity index is 712. The van der Waals surface area contributed by atoms with Crippen molar-refractivity contribution in [2.45, 2.75) is 13.8 Å². The van der Waals surface area contributed by atoms with Gasteiger partial charge in [0.2, 0.25) is 0 Å². The highest BCUT2D eigenvalue weighted by Crippen LogP contribution is 2.22. The molecule has 0 atom stereocenters. The summed E-state index contributed by atoms with van der Waals surface area (Å²) in [4.78, 5) is 22.3. The van der Waals surface area contributed by atoms with E-state index in [-0.39, 0.29) is 11.6 Å². The molecule has 0 aliphatic rings. The standard InChI is InChI=1S/C15H13IN2O3/c1-9-8-14(10(2)7-13(9)16)17-15(19)11-3-5-12(6-4-11)18(20)21/h3-8H,1-2H3,(H,17,19). The summed E-state index contributed by atoms with van der Waals surface area (Å²) in [5.74, 6) is -0.284. The number of hydrogen-bond donors (Lipinski definition) is 1. The molecule has 0 unspecified atom stereocenters. The van der Waals surface area contributed by atoms with Crippen molar-refractivity contribution in [3.8, 4) is 0 Å². The quantitative estimate of drug-likeness (QED) is 0.483. The number of rotatable bonds is 3. The zero-order chi connectivity index (χ0) is 15.6. The molecule has 0 heterocycles. The lowest BCUT2D eigenvalue weighted by Crippen LogP contribution is -2.13. The molecule has 2 aromatic carbocycles. The number of carbonyl (C=O) groups excluding carboxylic acids is 1. The van der Waals surface area contributed by atoms with Crippen LogP contribution in [0.1, 0.15) is 21.5 Å². The first-order valence-electron chi connectivity index (χ1n) is 6.21. The van der Waals surface area contributed by atoms with Crippen molar-refractivity contribution in [3.05, 3.63) is 66.8 Å². The minimum Gasteiger partial charge on any atom is -0.322 e. The first-order chi connectivity index (χ1) is 9.88. The molecular weight excluding hydrogens is 383 g/mol. The van der Waals surface area contributed by atoms with Gasteiger partial charge in [-0.25, -0.2) is 0 Å². The lowest BCUT2D eigenvalue weighted by molar-refractivity contribution is -0.384. The number of halogens is 1. The summed E-state index contributed by atoms with van der Waals surface area (Å²) >= 11 is 2.25. The van der Waals surface area contributed by atoms with E-state index in [1.807, 2.05) is 26.0 Å². The predicted molar refractivity (Wildman–Crippen MR) is 89.7 cm³/mol. The number of non-ortho nitro benzene ring substituents is 1. The Hall–Kier alpha value is -1.96. The van der Waals surface area contributed by atoms with Crippen LogP contribution in [0.2, 0.25) is 0 Å². The third kappa shape index (κ3) is 3.57. The molecule has 0 aliphatic carbocycles. The maximum atomic E-state index is 12.2. The zero-order valence-electron chi connectivity index (χ0n) is 11.5. The van der Waals surface area contributed by atoms with Crippen molar-refractivity contribution < 1.29 is 9.72 Å². The molecule has 6 heteroatoms. The number of nitro benzene ring substituents is 1. The highest BCUT2D eigenvalue weighted by molar-refractivity contribution is 14.1. The van der Waals surface area contributed by atoms with Crippen LogP contribution in [0.15, 0.2) is 36.4 Å². The average molecular weight is 396 g/mol. The van der Waals surface area contributed by atoms with Crippen molar-refractivity contribution in [2.75, 3.05) is 5.32 Å². The topological polar surface area (TPSA) is 72.2 Å². The van der Waals surface area contributed by atoms with E-state index in [1.54, 1.807) is 0 Å². The van der Waals surface area contributed by atoms with Crippen LogP contribution in [0.5, 0.6) is 0 Å². The third-order valence-corrected chi connectivity index (χ3v) is 4.26. The summed E-state index contributed by atoms with van der Waals surface area (Å²) in [5.41, 5.74) is 3.15. The van der Waals surface area contributed by atoms with Crippen LogP contribution in [0.25, 0.3) is 0 Å². The Morgan fingerprint density at radius 2 is 1.76 bits per heavy atom. The molecule has 0 bridgehead atoms. The van der Waals surface area contributed by atoms with Gasteiger partial charge < -0.3 is 5.32 Å². The third-order valence-electron chi connectivity index (χ3n) is 3.09. The summed E-state index contributed by atoms with van der Waals surface area (Å²) in [6.45, 7) is 3.90. The molecule has 0 aliphatic heterocycles. The van der Waals surface area contributed by atoms with Gasteiger partial charge in [-0.2, -0.15) is 0 Å². The normalized spacial score (nSPS) is 10.2. The summed E-state index contributed by atoms with van der Waals surface area (Å²) in [6, 6.07) is 9.45. The molecular formula is C15H13IN2O3. The molecule has 0 fully saturated rings. The van der Waals surface area contributed by atoms with Gasteiger partial charge in [0.15, 0.2) is 0 Å². The van der Waals surface area contributed by atoms with Gasteiger partial charge in [0.05, 0.1) is 4.92 Å². The van der Waals surface area contributed by atoms with Gasteiger partial charge in [-0.15, -0.1) is 0 Å². The summed E-state index contributed by atoms with van der Waals surface area (Å²) in [6.07, 6.45) is 0. The molecule has 0 saturated carbocycles. The first kappa shape index (κ1) is 15.4. The lowest BCUT2D eigenvalue weighted by Gasteiger charge is -2.10. The second kappa shape index (κ2) is 6.21. The molecule has 21 heavy (non-hydrogen) atoms. The Balaban J connectivity index is 2.22. The molecule has 1 N–H and O–H groups in total. The van der Waals surface area contributed by atoms with Crippen molar-refractivity contribution in [3.63, 3.8) is 0 Å². The van der Waals surface area contributed by atoms with E-state index in [4.69, 9.17) is 0 Å². The van der Waals surface area contributed by atoms with E-state index in [9.17, 15) is 14.9 Å². The Kier molecular flexibility index (Phi) is 4.56. The number of benzene rings is 2. The SMILES string of the molecule is Cc1cc(NC(=O)c2ccc([N+](=O)[O-])cc2)c(C)cc1I. The number of nitro groups is 1. The molecule has 0 saturated heterocycles. The van der Waals surface area contributed by atoms with Gasteiger partial charge in [0.25, 0.3) is 11.6 Å². The predicted octanol–water partition coefficient (Wildman–Crippen LogP) is 4.07. The van der Waals surface area contributed by atoms with Crippen LogP contribution in [0.4, 0.5) is 11.4 Å². The Morgan fingerprint density at radius 3 is 2.33 bits per heavy atom. The van der Waals surface area contributed by atoms with Gasteiger partial charge in [0.1, 0.15) is 0 Å². The highest BCUT2D eigenvalue weighted by Gasteiger charge is 2.11. The number of nitrogens with zero attached hydrogens (tertiary/aromatic N) is 1. The van der Waals surface area contributed by atoms with E-state index < -0.39 is 4.92 Å². The highest BCUT2D eigenvalue weighted by atomic mass is 127. The molecule has 0 radical (unpaired) electrons. The van der Waals surface area contributed by atoms with Crippen LogP contribution in [0, 0.1) is 27.5 Å². The van der Waals surface area contributed by atoms with E-state index in [2.05, 4.69) is 27.9 Å². The fourth-order valence-corrected chi connectivity index (χ4v) is 2.47. The smallest absolute Gasteiger partial charge is 0.269 e. The Morgan fingerprint density at radius 1 is 1.14 bits per heavy atom. The van der Waals surface area contributed by atoms with Crippen molar-refractivity contribution in [1.82, 2.24) is 0 Å². The number of anilines is 1. The van der Waals surface area contributed by atoms with Crippen LogP contribution in [-0.4, -0.2) is 10.8 Å². The number of nitrogens with one attached hydrogen (secondary N) is 1. The van der Waals surface area contributed by atoms with Gasteiger partial charge in [-0.05, 0) is 71.8 Å². The number of aryl methyl sites for hydroxylation is 2. The maximum Gasteiger partial charge on any atom is 0.269 e. The molecule has 1 amide bonds. The summed E-state index contributed by atoms with van der Waals surface area (Å²) < 4.78 is 1.14. The van der Waals surface area contributed by atoms with E-state index in [1.165, 1.54) is 24.3 Å². The number of carbonyl (C=O) groups is 1. The van der Waals surface area contributed by atoms with E-state index in [0.29, 0.717) is 5.56 Å². The molecule has 108 valence electrons. The molecule has 5 nitrogen and oxygen atoms in total. The van der Waals surface area contributed by atoms with Crippen molar-refractivity contribution >= 4 is 39.9 Å². The van der Waals surface area contributed by atoms with Crippen LogP contribution >= 0.6 is 22.6 Å². The van der Waals surface area contributed by atoms with Crippen LogP contribution in [0.3, 0.4) is 0 Å². The summed E-state index contributed by atoms with van der Waals surface area (Å²) in [5, 5.41) is 13.4. The second-order valence-electron chi connectivity index (χ2n) is 4.67. The minimum atomic E-state index is -0.492. The zero-order valence-corrected chi connectivity index (χ0v) is 13.7. The number of hydrogen-bond acceptors (Lipinski definition) is 3. The summed E-state index contributed by atoms with van der Waals surface area (Å²) in [7, 11) is 0. The van der Waals surface area contributed by atoms with E-state index >= 15 is 0 Å². The average Bonchev–Trinajstić information content (AvgIpc) is 2.44. The van der Waals surface area contributed by atoms with Crippen molar-refractivity contribution in [2.24, 2.45) is 0 Å². The fraction of sp³-hybridized carbons (Fsp3) is 0.133. The van der Waals surface area contributed by atoms with Gasteiger partial charge >= 0.3 is 0 Å². The van der Waals surface area contributed by atoms with Gasteiger partial charge in [-0.1, -0.05) is 0 Å². The second-order valence-corrected chi connectivity index (χ2v) is 5.84. The molecule has 0 spiro atoms. The van der Waals surface area contributed by atoms with Crippen LogP contribution in [-0.2, 0) is 0 Å². The van der Waals surface area contributed by atoms with Crippen molar-refractivity contribution in [1.29, 1.82) is 0 Å².